The first kappa shape index (κ1) is 19.9. The number of rotatable bonds is 7. The second-order valence-electron chi connectivity index (χ2n) is 6.65. The Kier molecular flexibility index (Phi) is 6.36. The van der Waals surface area contributed by atoms with E-state index in [1.807, 2.05) is 19.1 Å². The van der Waals surface area contributed by atoms with Crippen molar-refractivity contribution >= 4 is 26.7 Å². The van der Waals surface area contributed by atoms with Crippen LogP contribution >= 0.6 is 0 Å². The highest BCUT2D eigenvalue weighted by Crippen LogP contribution is 2.17. The molecule has 0 fully saturated rings. The summed E-state index contributed by atoms with van der Waals surface area (Å²) in [4.78, 5) is 8.21. The quantitative estimate of drug-likeness (QED) is 0.422. The lowest BCUT2D eigenvalue weighted by Gasteiger charge is -2.11. The first-order valence-corrected chi connectivity index (χ1v) is 11.2. The Morgan fingerprint density at radius 2 is 1.82 bits per heavy atom. The van der Waals surface area contributed by atoms with Crippen LogP contribution in [0.1, 0.15) is 18.1 Å². The maximum atomic E-state index is 11.5. The Hall–Kier alpha value is -2.80. The lowest BCUT2D eigenvalue weighted by Crippen LogP contribution is -2.38. The Balaban J connectivity index is 1.59. The predicted molar refractivity (Wildman–Crippen MR) is 114 cm³/mol. The topological polar surface area (TPSA) is 86.3 Å². The minimum Gasteiger partial charge on any atom is -0.361 e. The predicted octanol–water partition coefficient (Wildman–Crippen LogP) is 2.87. The van der Waals surface area contributed by atoms with Gasteiger partial charge in [-0.1, -0.05) is 30.3 Å². The van der Waals surface area contributed by atoms with Gasteiger partial charge in [0, 0.05) is 36.4 Å². The van der Waals surface area contributed by atoms with Gasteiger partial charge in [0.05, 0.1) is 11.4 Å². The number of aromatic nitrogens is 1. The Bertz CT molecular complexity index is 1050. The molecule has 3 aromatic rings. The molecule has 7 heteroatoms. The van der Waals surface area contributed by atoms with E-state index in [1.165, 1.54) is 17.2 Å². The van der Waals surface area contributed by atoms with E-state index in [1.54, 1.807) is 24.3 Å². The van der Waals surface area contributed by atoms with Crippen LogP contribution in [0.3, 0.4) is 0 Å². The second-order valence-corrected chi connectivity index (χ2v) is 8.66. The van der Waals surface area contributed by atoms with Crippen LogP contribution in [0.15, 0.2) is 64.6 Å². The highest BCUT2D eigenvalue weighted by molar-refractivity contribution is 7.90. The van der Waals surface area contributed by atoms with Crippen LogP contribution < -0.4 is 10.6 Å². The van der Waals surface area contributed by atoms with Crippen LogP contribution in [0, 0.1) is 0 Å². The van der Waals surface area contributed by atoms with Crippen molar-refractivity contribution in [1.82, 2.24) is 15.6 Å². The van der Waals surface area contributed by atoms with Crippen LogP contribution in [-0.4, -0.2) is 38.7 Å². The van der Waals surface area contributed by atoms with Crippen LogP contribution in [-0.2, 0) is 22.8 Å². The van der Waals surface area contributed by atoms with Gasteiger partial charge in [-0.25, -0.2) is 13.4 Å². The molecule has 2 aromatic carbocycles. The number of fused-ring (bicyclic) bond motifs is 1. The molecule has 1 heterocycles. The van der Waals surface area contributed by atoms with Gasteiger partial charge in [0.1, 0.15) is 0 Å². The highest BCUT2D eigenvalue weighted by Gasteiger charge is 2.06. The lowest BCUT2D eigenvalue weighted by molar-refractivity contribution is 0.602. The van der Waals surface area contributed by atoms with Crippen LogP contribution in [0.25, 0.3) is 10.9 Å². The van der Waals surface area contributed by atoms with E-state index in [9.17, 15) is 8.42 Å². The molecule has 0 aliphatic carbocycles. The fraction of sp³-hybridized carbons (Fsp3) is 0.286. The third-order valence-electron chi connectivity index (χ3n) is 4.48. The van der Waals surface area contributed by atoms with Gasteiger partial charge in [0.15, 0.2) is 15.8 Å². The molecule has 1 aromatic heterocycles. The normalized spacial score (nSPS) is 12.3. The number of H-pyrrole nitrogens is 1. The zero-order valence-corrected chi connectivity index (χ0v) is 17.0. The van der Waals surface area contributed by atoms with E-state index in [0.29, 0.717) is 11.4 Å². The summed E-state index contributed by atoms with van der Waals surface area (Å²) < 4.78 is 23.1. The van der Waals surface area contributed by atoms with Crippen molar-refractivity contribution in [1.29, 1.82) is 0 Å². The molecule has 3 rings (SSSR count). The summed E-state index contributed by atoms with van der Waals surface area (Å²) in [6.45, 7) is 4.04. The lowest BCUT2D eigenvalue weighted by atomic mass is 10.1. The van der Waals surface area contributed by atoms with Crippen LogP contribution in [0.5, 0.6) is 0 Å². The van der Waals surface area contributed by atoms with Gasteiger partial charge in [-0.15, -0.1) is 0 Å². The van der Waals surface area contributed by atoms with E-state index < -0.39 is 9.84 Å². The molecule has 28 heavy (non-hydrogen) atoms. The average molecular weight is 399 g/mol. The zero-order valence-electron chi connectivity index (χ0n) is 16.2. The summed E-state index contributed by atoms with van der Waals surface area (Å²) >= 11 is 0. The number of guanidine groups is 1. The first-order chi connectivity index (χ1) is 13.5. The number of hydrogen-bond donors (Lipinski definition) is 3. The first-order valence-electron chi connectivity index (χ1n) is 9.33. The SMILES string of the molecule is CCNC(=NCc1ccc(S(C)(=O)=O)cc1)NCCc1c[nH]c2ccccc12. The van der Waals surface area contributed by atoms with E-state index in [4.69, 9.17) is 0 Å². The van der Waals surface area contributed by atoms with Gasteiger partial charge in [0.2, 0.25) is 0 Å². The number of nitrogens with zero attached hydrogens (tertiary/aromatic N) is 1. The summed E-state index contributed by atoms with van der Waals surface area (Å²) in [6, 6.07) is 15.1. The van der Waals surface area contributed by atoms with Gasteiger partial charge in [-0.2, -0.15) is 0 Å². The molecule has 0 aliphatic heterocycles. The number of hydrogen-bond acceptors (Lipinski definition) is 3. The molecular formula is C21H26N4O2S. The molecule has 0 spiro atoms. The zero-order chi connectivity index (χ0) is 20.0. The van der Waals surface area contributed by atoms with Crippen molar-refractivity contribution in [3.05, 3.63) is 65.9 Å². The number of nitrogens with one attached hydrogen (secondary N) is 3. The maximum Gasteiger partial charge on any atom is 0.191 e. The van der Waals surface area contributed by atoms with Gasteiger partial charge < -0.3 is 15.6 Å². The van der Waals surface area contributed by atoms with Crippen molar-refractivity contribution in [2.45, 2.75) is 24.8 Å². The van der Waals surface area contributed by atoms with Crippen molar-refractivity contribution < 1.29 is 8.42 Å². The van der Waals surface area contributed by atoms with Gasteiger partial charge in [-0.05, 0) is 42.7 Å². The number of aliphatic imine (C=N–C) groups is 1. The van der Waals surface area contributed by atoms with Gasteiger partial charge in [0.25, 0.3) is 0 Å². The molecule has 0 bridgehead atoms. The number of sulfone groups is 1. The summed E-state index contributed by atoms with van der Waals surface area (Å²) in [5.74, 6) is 0.745. The molecule has 0 saturated heterocycles. The smallest absolute Gasteiger partial charge is 0.191 e. The molecular weight excluding hydrogens is 372 g/mol. The largest absolute Gasteiger partial charge is 0.361 e. The molecule has 0 atom stereocenters. The molecule has 0 saturated carbocycles. The molecule has 0 unspecified atom stereocenters. The van der Waals surface area contributed by atoms with Crippen LogP contribution in [0.2, 0.25) is 0 Å². The monoisotopic (exact) mass is 398 g/mol. The van der Waals surface area contributed by atoms with Crippen molar-refractivity contribution in [2.24, 2.45) is 4.99 Å². The molecule has 148 valence electrons. The minimum absolute atomic E-state index is 0.323. The number of benzene rings is 2. The van der Waals surface area contributed by atoms with E-state index in [-0.39, 0.29) is 0 Å². The molecule has 6 nitrogen and oxygen atoms in total. The third kappa shape index (κ3) is 5.13. The molecule has 0 amide bonds. The Morgan fingerprint density at radius 3 is 2.54 bits per heavy atom. The minimum atomic E-state index is -3.17. The van der Waals surface area contributed by atoms with E-state index in [0.717, 1.165) is 36.6 Å². The number of para-hydroxylation sites is 1. The molecule has 0 aliphatic rings. The van der Waals surface area contributed by atoms with Crippen molar-refractivity contribution in [2.75, 3.05) is 19.3 Å². The number of aromatic amines is 1. The fourth-order valence-electron chi connectivity index (χ4n) is 3.01. The highest BCUT2D eigenvalue weighted by atomic mass is 32.2. The van der Waals surface area contributed by atoms with E-state index in [2.05, 4.69) is 38.9 Å². The van der Waals surface area contributed by atoms with Crippen LogP contribution in [0.4, 0.5) is 0 Å². The standard InChI is InChI=1S/C21H26N4O2S/c1-3-22-21(25-14-16-8-10-18(11-9-16)28(2,26)27)23-13-12-17-15-24-20-7-5-4-6-19(17)20/h4-11,15,24H,3,12-14H2,1-2H3,(H2,22,23,25). The van der Waals surface area contributed by atoms with Gasteiger partial charge in [-0.3, -0.25) is 0 Å². The summed E-state index contributed by atoms with van der Waals surface area (Å²) in [6.07, 6.45) is 4.15. The Morgan fingerprint density at radius 1 is 1.07 bits per heavy atom. The maximum absolute atomic E-state index is 11.5. The molecule has 0 radical (unpaired) electrons. The van der Waals surface area contributed by atoms with Crippen molar-refractivity contribution in [3.63, 3.8) is 0 Å². The summed E-state index contributed by atoms with van der Waals surface area (Å²) in [5.41, 5.74) is 3.38. The summed E-state index contributed by atoms with van der Waals surface area (Å²) in [7, 11) is -3.17. The Labute approximate surface area is 166 Å². The van der Waals surface area contributed by atoms with E-state index >= 15 is 0 Å². The molecule has 3 N–H and O–H groups in total. The average Bonchev–Trinajstić information content (AvgIpc) is 3.09. The second kappa shape index (κ2) is 8.93. The van der Waals surface area contributed by atoms with Gasteiger partial charge >= 0.3 is 0 Å². The summed E-state index contributed by atoms with van der Waals surface area (Å²) in [5, 5.41) is 7.85. The third-order valence-corrected chi connectivity index (χ3v) is 5.61. The van der Waals surface area contributed by atoms with Crippen molar-refractivity contribution in [3.8, 4) is 0 Å². The fourth-order valence-corrected chi connectivity index (χ4v) is 3.64.